The lowest BCUT2D eigenvalue weighted by Crippen LogP contribution is -2.26. The summed E-state index contributed by atoms with van der Waals surface area (Å²) in [5.74, 6) is -0.0652. The molecular formula is C16H15FN4O. The quantitative estimate of drug-likeness (QED) is 0.780. The Labute approximate surface area is 126 Å². The number of hydrogen-bond acceptors (Lipinski definition) is 3. The van der Waals surface area contributed by atoms with Crippen LogP contribution in [0.1, 0.15) is 16.1 Å². The zero-order valence-electron chi connectivity index (χ0n) is 12.0. The minimum absolute atomic E-state index is 0.155. The summed E-state index contributed by atoms with van der Waals surface area (Å²) >= 11 is 0. The largest absolute Gasteiger partial charge is 0.384 e. The molecule has 0 bridgehead atoms. The maximum absolute atomic E-state index is 13.2. The summed E-state index contributed by atoms with van der Waals surface area (Å²) < 4.78 is 13.2. The van der Waals surface area contributed by atoms with Crippen LogP contribution in [0.25, 0.3) is 10.9 Å². The average molecular weight is 298 g/mol. The number of fused-ring (bicyclic) bond motifs is 1. The highest BCUT2D eigenvalue weighted by Crippen LogP contribution is 2.18. The van der Waals surface area contributed by atoms with Crippen molar-refractivity contribution in [2.24, 2.45) is 0 Å². The number of rotatable bonds is 3. The van der Waals surface area contributed by atoms with Gasteiger partial charge in [0.05, 0.1) is 12.1 Å². The van der Waals surface area contributed by atoms with Crippen molar-refractivity contribution in [2.75, 3.05) is 12.8 Å². The van der Waals surface area contributed by atoms with Crippen LogP contribution in [0.5, 0.6) is 0 Å². The molecule has 0 aliphatic carbocycles. The lowest BCUT2D eigenvalue weighted by Gasteiger charge is -2.16. The van der Waals surface area contributed by atoms with Gasteiger partial charge < -0.3 is 15.6 Å². The topological polar surface area (TPSA) is 75.0 Å². The number of aromatic amines is 1. The normalized spacial score (nSPS) is 10.8. The zero-order chi connectivity index (χ0) is 15.7. The number of nitrogen functional groups attached to an aromatic ring is 1. The van der Waals surface area contributed by atoms with Crippen LogP contribution in [0.15, 0.2) is 42.6 Å². The predicted octanol–water partition coefficient (Wildman–Crippen LogP) is 2.56. The van der Waals surface area contributed by atoms with E-state index in [0.29, 0.717) is 17.9 Å². The number of H-pyrrole nitrogens is 1. The molecule has 0 spiro atoms. The highest BCUT2D eigenvalue weighted by Gasteiger charge is 2.13. The summed E-state index contributed by atoms with van der Waals surface area (Å²) in [5, 5.41) is 0.782. The molecule has 5 nitrogen and oxygen atoms in total. The lowest BCUT2D eigenvalue weighted by atomic mass is 10.2. The van der Waals surface area contributed by atoms with Crippen LogP contribution in [0.4, 0.5) is 10.2 Å². The van der Waals surface area contributed by atoms with Crippen molar-refractivity contribution in [1.82, 2.24) is 14.9 Å². The van der Waals surface area contributed by atoms with E-state index in [9.17, 15) is 9.18 Å². The van der Waals surface area contributed by atoms with Gasteiger partial charge in [0.25, 0.3) is 5.91 Å². The number of carbonyl (C=O) groups is 1. The number of anilines is 1. The molecule has 6 heteroatoms. The van der Waals surface area contributed by atoms with E-state index in [-0.39, 0.29) is 11.7 Å². The van der Waals surface area contributed by atoms with Crippen LogP contribution in [-0.4, -0.2) is 27.8 Å². The van der Waals surface area contributed by atoms with E-state index in [1.165, 1.54) is 18.3 Å². The van der Waals surface area contributed by atoms with Gasteiger partial charge >= 0.3 is 0 Å². The van der Waals surface area contributed by atoms with Crippen LogP contribution < -0.4 is 5.73 Å². The smallest absolute Gasteiger partial charge is 0.255 e. The molecule has 0 saturated carbocycles. The second kappa shape index (κ2) is 5.48. The standard InChI is InChI=1S/C16H15FN4O/c1-21(16(22)10-2-5-15(18)19-8-10)9-13-7-11-6-12(17)3-4-14(11)20-13/h2-8,20H,9H2,1H3,(H2,18,19). The van der Waals surface area contributed by atoms with E-state index in [1.54, 1.807) is 30.1 Å². The summed E-state index contributed by atoms with van der Waals surface area (Å²) in [6.07, 6.45) is 1.45. The van der Waals surface area contributed by atoms with Crippen molar-refractivity contribution < 1.29 is 9.18 Å². The molecule has 22 heavy (non-hydrogen) atoms. The Morgan fingerprint density at radius 2 is 2.14 bits per heavy atom. The maximum atomic E-state index is 13.2. The summed E-state index contributed by atoms with van der Waals surface area (Å²) in [5.41, 5.74) is 7.65. The minimum atomic E-state index is -0.282. The summed E-state index contributed by atoms with van der Waals surface area (Å²) in [7, 11) is 1.70. The van der Waals surface area contributed by atoms with E-state index in [1.807, 2.05) is 6.07 Å². The van der Waals surface area contributed by atoms with Crippen LogP contribution in [-0.2, 0) is 6.54 Å². The van der Waals surface area contributed by atoms with E-state index in [0.717, 1.165) is 16.6 Å². The number of halogens is 1. The molecule has 1 amide bonds. The molecule has 0 aliphatic rings. The van der Waals surface area contributed by atoms with E-state index in [2.05, 4.69) is 9.97 Å². The minimum Gasteiger partial charge on any atom is -0.384 e. The average Bonchev–Trinajstić information content (AvgIpc) is 2.88. The highest BCUT2D eigenvalue weighted by atomic mass is 19.1. The van der Waals surface area contributed by atoms with Crippen molar-refractivity contribution in [3.8, 4) is 0 Å². The van der Waals surface area contributed by atoms with Gasteiger partial charge in [-0.15, -0.1) is 0 Å². The first-order valence-corrected chi connectivity index (χ1v) is 6.77. The Kier molecular flexibility index (Phi) is 3.50. The molecule has 0 saturated heterocycles. The zero-order valence-corrected chi connectivity index (χ0v) is 12.0. The molecule has 3 aromatic rings. The molecule has 3 rings (SSSR count). The fourth-order valence-electron chi connectivity index (χ4n) is 2.33. The molecule has 112 valence electrons. The third kappa shape index (κ3) is 2.76. The number of aromatic nitrogens is 2. The number of hydrogen-bond donors (Lipinski definition) is 2. The fraction of sp³-hybridized carbons (Fsp3) is 0.125. The van der Waals surface area contributed by atoms with E-state index < -0.39 is 0 Å². The number of nitrogens with zero attached hydrogens (tertiary/aromatic N) is 2. The Bertz CT molecular complexity index is 826. The Balaban J connectivity index is 1.78. The molecule has 2 heterocycles. The molecular weight excluding hydrogens is 283 g/mol. The van der Waals surface area contributed by atoms with Gasteiger partial charge in [-0.2, -0.15) is 0 Å². The van der Waals surface area contributed by atoms with Gasteiger partial charge in [-0.25, -0.2) is 9.37 Å². The third-order valence-corrected chi connectivity index (χ3v) is 3.43. The van der Waals surface area contributed by atoms with Gasteiger partial charge in [0.15, 0.2) is 0 Å². The molecule has 0 fully saturated rings. The highest BCUT2D eigenvalue weighted by molar-refractivity contribution is 5.94. The van der Waals surface area contributed by atoms with Gasteiger partial charge in [0.1, 0.15) is 11.6 Å². The Morgan fingerprint density at radius 1 is 1.32 bits per heavy atom. The second-order valence-corrected chi connectivity index (χ2v) is 5.16. The van der Waals surface area contributed by atoms with Gasteiger partial charge in [-0.05, 0) is 36.4 Å². The van der Waals surface area contributed by atoms with Crippen molar-refractivity contribution in [1.29, 1.82) is 0 Å². The summed E-state index contributed by atoms with van der Waals surface area (Å²) in [6.45, 7) is 0.388. The number of amides is 1. The van der Waals surface area contributed by atoms with Gasteiger partial charge in [-0.1, -0.05) is 0 Å². The first-order valence-electron chi connectivity index (χ1n) is 6.77. The molecule has 1 aromatic carbocycles. The maximum Gasteiger partial charge on any atom is 0.255 e. The Hall–Kier alpha value is -2.89. The molecule has 0 unspecified atom stereocenters. The van der Waals surface area contributed by atoms with Crippen molar-refractivity contribution in [3.05, 3.63) is 59.7 Å². The first-order chi connectivity index (χ1) is 10.5. The van der Waals surface area contributed by atoms with Crippen molar-refractivity contribution >= 4 is 22.6 Å². The lowest BCUT2D eigenvalue weighted by molar-refractivity contribution is 0.0783. The van der Waals surface area contributed by atoms with Crippen LogP contribution in [0.3, 0.4) is 0 Å². The molecule has 0 atom stereocenters. The van der Waals surface area contributed by atoms with Gasteiger partial charge in [-0.3, -0.25) is 4.79 Å². The monoisotopic (exact) mass is 298 g/mol. The summed E-state index contributed by atoms with van der Waals surface area (Å²) in [4.78, 5) is 21.0. The van der Waals surface area contributed by atoms with Crippen molar-refractivity contribution in [2.45, 2.75) is 6.54 Å². The molecule has 0 radical (unpaired) electrons. The SMILES string of the molecule is CN(Cc1cc2cc(F)ccc2[nH]1)C(=O)c1ccc(N)nc1. The number of benzene rings is 1. The molecule has 3 N–H and O–H groups in total. The van der Waals surface area contributed by atoms with Crippen molar-refractivity contribution in [3.63, 3.8) is 0 Å². The van der Waals surface area contributed by atoms with Gasteiger partial charge in [0.2, 0.25) is 0 Å². The third-order valence-electron chi connectivity index (χ3n) is 3.43. The van der Waals surface area contributed by atoms with Crippen LogP contribution in [0.2, 0.25) is 0 Å². The predicted molar refractivity (Wildman–Crippen MR) is 82.7 cm³/mol. The summed E-state index contributed by atoms with van der Waals surface area (Å²) in [6, 6.07) is 9.61. The Morgan fingerprint density at radius 3 is 2.86 bits per heavy atom. The number of carbonyl (C=O) groups excluding carboxylic acids is 1. The number of nitrogens with one attached hydrogen (secondary N) is 1. The van der Waals surface area contributed by atoms with Crippen LogP contribution in [0, 0.1) is 5.82 Å². The van der Waals surface area contributed by atoms with Crippen LogP contribution >= 0.6 is 0 Å². The first kappa shape index (κ1) is 14.1. The second-order valence-electron chi connectivity index (χ2n) is 5.16. The number of pyridine rings is 1. The fourth-order valence-corrected chi connectivity index (χ4v) is 2.33. The molecule has 2 aromatic heterocycles. The van der Waals surface area contributed by atoms with E-state index in [4.69, 9.17) is 5.73 Å². The van der Waals surface area contributed by atoms with Gasteiger partial charge in [0, 0.05) is 29.8 Å². The number of nitrogens with two attached hydrogens (primary N) is 1. The van der Waals surface area contributed by atoms with E-state index >= 15 is 0 Å². The molecule has 0 aliphatic heterocycles.